The summed E-state index contributed by atoms with van der Waals surface area (Å²) in [4.78, 5) is 0.434. The molecule has 2 unspecified atom stereocenters. The maximum Gasteiger partial charge on any atom is 0.186 e. The number of hydrogen-bond donors (Lipinski definition) is 2. The van der Waals surface area contributed by atoms with Crippen LogP contribution in [0.4, 0.5) is 5.69 Å². The van der Waals surface area contributed by atoms with Gasteiger partial charge in [0.15, 0.2) is 9.84 Å². The van der Waals surface area contributed by atoms with Gasteiger partial charge in [-0.15, -0.1) is 0 Å². The number of benzene rings is 1. The van der Waals surface area contributed by atoms with Crippen LogP contribution in [-0.4, -0.2) is 33.3 Å². The van der Waals surface area contributed by atoms with Gasteiger partial charge in [-0.3, -0.25) is 0 Å². The summed E-state index contributed by atoms with van der Waals surface area (Å²) in [6, 6.07) is 3.50. The van der Waals surface area contributed by atoms with Crippen LogP contribution in [-0.2, 0) is 9.84 Å². The standard InChI is InChI=1S/C13H20N2O2S/c1-8-5-6-11-13(9(8)2)15-10(3)12(7-14-4)18(11,16)17/h5-6,10,12,14-15H,7H2,1-4H3. The molecule has 0 bridgehead atoms. The van der Waals surface area contributed by atoms with Crippen LogP contribution in [0, 0.1) is 13.8 Å². The fraction of sp³-hybridized carbons (Fsp3) is 0.538. The topological polar surface area (TPSA) is 58.2 Å². The van der Waals surface area contributed by atoms with Gasteiger partial charge in [0.05, 0.1) is 15.8 Å². The first-order valence-corrected chi connectivity index (χ1v) is 7.69. The Morgan fingerprint density at radius 2 is 2.00 bits per heavy atom. The molecular weight excluding hydrogens is 248 g/mol. The Bertz CT molecular complexity index is 567. The molecule has 1 aromatic carbocycles. The molecule has 0 aromatic heterocycles. The fourth-order valence-electron chi connectivity index (χ4n) is 2.45. The zero-order chi connectivity index (χ0) is 13.5. The van der Waals surface area contributed by atoms with Crippen LogP contribution in [0.5, 0.6) is 0 Å². The largest absolute Gasteiger partial charge is 0.380 e. The molecule has 4 nitrogen and oxygen atoms in total. The van der Waals surface area contributed by atoms with E-state index in [2.05, 4.69) is 10.6 Å². The smallest absolute Gasteiger partial charge is 0.186 e. The lowest BCUT2D eigenvalue weighted by Crippen LogP contribution is -2.47. The molecule has 1 aliphatic rings. The van der Waals surface area contributed by atoms with Crippen LogP contribution in [0.25, 0.3) is 0 Å². The second-order valence-electron chi connectivity index (χ2n) is 4.95. The van der Waals surface area contributed by atoms with E-state index in [4.69, 9.17) is 0 Å². The van der Waals surface area contributed by atoms with Gasteiger partial charge in [0.2, 0.25) is 0 Å². The van der Waals surface area contributed by atoms with Gasteiger partial charge >= 0.3 is 0 Å². The van der Waals surface area contributed by atoms with E-state index >= 15 is 0 Å². The summed E-state index contributed by atoms with van der Waals surface area (Å²) in [6.45, 7) is 6.34. The Morgan fingerprint density at radius 1 is 1.33 bits per heavy atom. The Kier molecular flexibility index (Phi) is 3.38. The van der Waals surface area contributed by atoms with Gasteiger partial charge in [-0.05, 0) is 45.0 Å². The minimum Gasteiger partial charge on any atom is -0.380 e. The van der Waals surface area contributed by atoms with E-state index in [0.29, 0.717) is 11.4 Å². The van der Waals surface area contributed by atoms with Gasteiger partial charge in [-0.25, -0.2) is 8.42 Å². The van der Waals surface area contributed by atoms with Crippen molar-refractivity contribution in [2.75, 3.05) is 18.9 Å². The second kappa shape index (κ2) is 4.55. The monoisotopic (exact) mass is 268 g/mol. The SMILES string of the molecule is CNCC1C(C)Nc2c(ccc(C)c2C)S1(=O)=O. The van der Waals surface area contributed by atoms with Gasteiger partial charge in [0, 0.05) is 12.6 Å². The van der Waals surface area contributed by atoms with Gasteiger partial charge < -0.3 is 10.6 Å². The van der Waals surface area contributed by atoms with Crippen molar-refractivity contribution < 1.29 is 8.42 Å². The van der Waals surface area contributed by atoms with E-state index in [0.717, 1.165) is 16.8 Å². The van der Waals surface area contributed by atoms with Crippen molar-refractivity contribution in [2.24, 2.45) is 0 Å². The molecule has 1 aromatic rings. The second-order valence-corrected chi connectivity index (χ2v) is 7.09. The Labute approximate surface area is 109 Å². The molecular formula is C13H20N2O2S. The third-order valence-corrected chi connectivity index (χ3v) is 6.06. The number of sulfone groups is 1. The molecule has 1 heterocycles. The van der Waals surface area contributed by atoms with Crippen molar-refractivity contribution in [3.8, 4) is 0 Å². The van der Waals surface area contributed by atoms with Crippen molar-refractivity contribution in [3.05, 3.63) is 23.3 Å². The lowest BCUT2D eigenvalue weighted by atomic mass is 10.1. The molecule has 2 N–H and O–H groups in total. The molecule has 0 radical (unpaired) electrons. The predicted molar refractivity (Wildman–Crippen MR) is 73.9 cm³/mol. The van der Waals surface area contributed by atoms with Crippen LogP contribution in [0.2, 0.25) is 0 Å². The van der Waals surface area contributed by atoms with Crippen molar-refractivity contribution in [1.82, 2.24) is 5.32 Å². The predicted octanol–water partition coefficient (Wildman–Crippen LogP) is 1.48. The van der Waals surface area contributed by atoms with E-state index in [1.807, 2.05) is 26.8 Å². The summed E-state index contributed by atoms with van der Waals surface area (Å²) in [5.74, 6) is 0. The highest BCUT2D eigenvalue weighted by molar-refractivity contribution is 7.92. The van der Waals surface area contributed by atoms with Crippen LogP contribution in [0.3, 0.4) is 0 Å². The molecule has 0 amide bonds. The van der Waals surface area contributed by atoms with Crippen LogP contribution in [0.15, 0.2) is 17.0 Å². The molecule has 0 saturated carbocycles. The molecule has 1 aliphatic heterocycles. The first kappa shape index (κ1) is 13.4. The summed E-state index contributed by atoms with van der Waals surface area (Å²) in [5.41, 5.74) is 2.90. The molecule has 0 fully saturated rings. The van der Waals surface area contributed by atoms with E-state index < -0.39 is 15.1 Å². The fourth-order valence-corrected chi connectivity index (χ4v) is 4.52. The third-order valence-electron chi connectivity index (χ3n) is 3.74. The third kappa shape index (κ3) is 1.91. The molecule has 5 heteroatoms. The summed E-state index contributed by atoms with van der Waals surface area (Å²) in [6.07, 6.45) is 0. The Hall–Kier alpha value is -1.07. The van der Waals surface area contributed by atoms with E-state index in [1.54, 1.807) is 13.1 Å². The van der Waals surface area contributed by atoms with Crippen molar-refractivity contribution in [1.29, 1.82) is 0 Å². The summed E-state index contributed by atoms with van der Waals surface area (Å²) in [7, 11) is -1.48. The van der Waals surface area contributed by atoms with Crippen LogP contribution >= 0.6 is 0 Å². The Balaban J connectivity index is 2.62. The number of fused-ring (bicyclic) bond motifs is 1. The molecule has 0 saturated heterocycles. The normalized spacial score (nSPS) is 25.3. The minimum atomic E-state index is -3.26. The summed E-state index contributed by atoms with van der Waals surface area (Å²) in [5, 5.41) is 5.88. The first-order chi connectivity index (χ1) is 8.39. The highest BCUT2D eigenvalue weighted by Gasteiger charge is 2.38. The highest BCUT2D eigenvalue weighted by atomic mass is 32.2. The van der Waals surface area contributed by atoms with Gasteiger partial charge in [-0.2, -0.15) is 0 Å². The van der Waals surface area contributed by atoms with Crippen LogP contribution < -0.4 is 10.6 Å². The zero-order valence-corrected chi connectivity index (χ0v) is 12.1. The number of hydrogen-bond acceptors (Lipinski definition) is 4. The molecule has 100 valence electrons. The highest BCUT2D eigenvalue weighted by Crippen LogP contribution is 2.35. The van der Waals surface area contributed by atoms with Crippen molar-refractivity contribution in [2.45, 2.75) is 37.0 Å². The minimum absolute atomic E-state index is 0.0875. The van der Waals surface area contributed by atoms with Gasteiger partial charge in [0.1, 0.15) is 0 Å². The lowest BCUT2D eigenvalue weighted by Gasteiger charge is -2.33. The number of anilines is 1. The molecule has 2 rings (SSSR count). The summed E-state index contributed by atoms with van der Waals surface area (Å²) < 4.78 is 25.2. The van der Waals surface area contributed by atoms with Gasteiger partial charge in [0.25, 0.3) is 0 Å². The lowest BCUT2D eigenvalue weighted by molar-refractivity contribution is 0.549. The number of rotatable bonds is 2. The summed E-state index contributed by atoms with van der Waals surface area (Å²) >= 11 is 0. The average molecular weight is 268 g/mol. The molecule has 18 heavy (non-hydrogen) atoms. The van der Waals surface area contributed by atoms with Gasteiger partial charge in [-0.1, -0.05) is 6.07 Å². The molecule has 0 aliphatic carbocycles. The van der Waals surface area contributed by atoms with E-state index in [1.165, 1.54) is 0 Å². The van der Waals surface area contributed by atoms with E-state index in [-0.39, 0.29) is 6.04 Å². The number of nitrogens with one attached hydrogen (secondary N) is 2. The number of aryl methyl sites for hydroxylation is 1. The van der Waals surface area contributed by atoms with Crippen LogP contribution in [0.1, 0.15) is 18.1 Å². The quantitative estimate of drug-likeness (QED) is 0.853. The van der Waals surface area contributed by atoms with E-state index in [9.17, 15) is 8.42 Å². The molecule has 0 spiro atoms. The maximum absolute atomic E-state index is 12.6. The Morgan fingerprint density at radius 3 is 2.61 bits per heavy atom. The van der Waals surface area contributed by atoms with Crippen molar-refractivity contribution >= 4 is 15.5 Å². The molecule has 2 atom stereocenters. The zero-order valence-electron chi connectivity index (χ0n) is 11.2. The maximum atomic E-state index is 12.6. The average Bonchev–Trinajstić information content (AvgIpc) is 2.30. The van der Waals surface area contributed by atoms with Crippen molar-refractivity contribution in [3.63, 3.8) is 0 Å². The first-order valence-electron chi connectivity index (χ1n) is 6.15.